The number of phosphoric acid groups is 1. The van der Waals surface area contributed by atoms with Crippen LogP contribution in [0.2, 0.25) is 0 Å². The average Bonchev–Trinajstić information content (AvgIpc) is 3.35. The highest BCUT2D eigenvalue weighted by Crippen LogP contribution is 2.57. The summed E-state index contributed by atoms with van der Waals surface area (Å²) in [7, 11) is -4.02. The zero-order chi connectivity index (χ0) is 22.5. The first-order valence-electron chi connectivity index (χ1n) is 9.42. The number of imidazole rings is 1. The molecule has 0 bridgehead atoms. The molecule has 2 aromatic heterocycles. The molecule has 3 aromatic rings. The fourth-order valence-corrected chi connectivity index (χ4v) is 4.94. The second kappa shape index (κ2) is 7.85. The molecular formula is C17H17N6O8P. The predicted molar refractivity (Wildman–Crippen MR) is 106 cm³/mol. The molecule has 2 fully saturated rings. The molecule has 0 saturated carbocycles. The summed E-state index contributed by atoms with van der Waals surface area (Å²) < 4.78 is 36.4. The van der Waals surface area contributed by atoms with Crippen molar-refractivity contribution in [1.82, 2.24) is 19.5 Å². The first-order chi connectivity index (χ1) is 15.3. The van der Waals surface area contributed by atoms with Gasteiger partial charge in [0.1, 0.15) is 30.2 Å². The summed E-state index contributed by atoms with van der Waals surface area (Å²) in [6.45, 7) is -0.311. The van der Waals surface area contributed by atoms with E-state index in [2.05, 4.69) is 15.0 Å². The van der Waals surface area contributed by atoms with E-state index >= 15 is 0 Å². The Morgan fingerprint density at radius 3 is 2.84 bits per heavy atom. The molecule has 1 aromatic carbocycles. The van der Waals surface area contributed by atoms with Crippen LogP contribution >= 0.6 is 7.82 Å². The lowest BCUT2D eigenvalue weighted by molar-refractivity contribution is -0.384. The minimum atomic E-state index is -4.02. The van der Waals surface area contributed by atoms with E-state index in [-0.39, 0.29) is 24.7 Å². The molecule has 3 N–H and O–H groups in total. The number of hydrogen-bond donors (Lipinski definition) is 2. The number of nitro groups is 1. The maximum Gasteiger partial charge on any atom is 0.475 e. The second-order valence-electron chi connectivity index (χ2n) is 7.15. The van der Waals surface area contributed by atoms with Crippen LogP contribution in [-0.2, 0) is 29.5 Å². The Morgan fingerprint density at radius 1 is 1.31 bits per heavy atom. The van der Waals surface area contributed by atoms with Crippen LogP contribution in [0.3, 0.4) is 0 Å². The van der Waals surface area contributed by atoms with Gasteiger partial charge in [-0.1, -0.05) is 0 Å². The number of benzene rings is 1. The normalized spacial score (nSPS) is 29.8. The quantitative estimate of drug-likeness (QED) is 0.314. The van der Waals surface area contributed by atoms with Crippen LogP contribution in [0.25, 0.3) is 11.2 Å². The second-order valence-corrected chi connectivity index (χ2v) is 8.77. The van der Waals surface area contributed by atoms with Crippen molar-refractivity contribution in [2.24, 2.45) is 0 Å². The number of aromatic nitrogens is 4. The number of aliphatic hydroxyl groups excluding tert-OH is 1. The zero-order valence-corrected chi connectivity index (χ0v) is 17.1. The molecule has 0 amide bonds. The highest BCUT2D eigenvalue weighted by Gasteiger charge is 2.53. The number of nitrogens with two attached hydrogens (primary N) is 1. The van der Waals surface area contributed by atoms with Gasteiger partial charge in [0.05, 0.1) is 24.5 Å². The van der Waals surface area contributed by atoms with Gasteiger partial charge >= 0.3 is 7.82 Å². The Morgan fingerprint density at radius 2 is 2.09 bits per heavy atom. The number of anilines is 1. The highest BCUT2D eigenvalue weighted by atomic mass is 31.2. The van der Waals surface area contributed by atoms with Gasteiger partial charge in [-0.2, -0.15) is 0 Å². The van der Waals surface area contributed by atoms with Crippen molar-refractivity contribution in [1.29, 1.82) is 0 Å². The lowest BCUT2D eigenvalue weighted by Gasteiger charge is -2.30. The van der Waals surface area contributed by atoms with E-state index in [1.807, 2.05) is 0 Å². The van der Waals surface area contributed by atoms with Crippen LogP contribution in [-0.4, -0.2) is 54.5 Å². The third-order valence-electron chi connectivity index (χ3n) is 5.15. The molecule has 0 radical (unpaired) electrons. The minimum Gasteiger partial charge on any atom is -0.386 e. The number of nitrogens with zero attached hydrogens (tertiary/aromatic N) is 5. The standard InChI is InChI=1S/C17H17N6O8P/c18-15-12-16(20-7-19-15)22(8-21-12)17-13(24)14-11(30-17)6-29-32(27,31-14)28-5-9-1-3-10(4-2-9)23(25)26/h1-4,7-8,11,13-14,17,24H,5-6H2,(H2,18,19,20)/t11-,13-,14-,17-,32?/m1/s1. The molecule has 4 heterocycles. The summed E-state index contributed by atoms with van der Waals surface area (Å²) in [4.78, 5) is 22.4. The third-order valence-corrected chi connectivity index (χ3v) is 6.57. The van der Waals surface area contributed by atoms with E-state index in [0.717, 1.165) is 0 Å². The molecule has 15 heteroatoms. The first-order valence-corrected chi connectivity index (χ1v) is 10.9. The zero-order valence-electron chi connectivity index (χ0n) is 16.3. The number of hydrogen-bond acceptors (Lipinski definition) is 12. The monoisotopic (exact) mass is 464 g/mol. The highest BCUT2D eigenvalue weighted by molar-refractivity contribution is 7.48. The number of aliphatic hydroxyl groups is 1. The van der Waals surface area contributed by atoms with Crippen LogP contribution in [0.4, 0.5) is 11.5 Å². The van der Waals surface area contributed by atoms with Crippen LogP contribution in [0.5, 0.6) is 0 Å². The van der Waals surface area contributed by atoms with Crippen molar-refractivity contribution in [3.63, 3.8) is 0 Å². The summed E-state index contributed by atoms with van der Waals surface area (Å²) in [6, 6.07) is 5.55. The molecule has 0 aliphatic carbocycles. The molecule has 5 rings (SSSR count). The van der Waals surface area contributed by atoms with Crippen molar-refractivity contribution in [3.8, 4) is 0 Å². The van der Waals surface area contributed by atoms with Gasteiger partial charge in [0.2, 0.25) is 0 Å². The molecule has 168 valence electrons. The first kappa shape index (κ1) is 20.9. The minimum absolute atomic E-state index is 0.0790. The summed E-state index contributed by atoms with van der Waals surface area (Å²) in [6.07, 6.45) is -1.19. The average molecular weight is 464 g/mol. The van der Waals surface area contributed by atoms with Crippen molar-refractivity contribution < 1.29 is 32.9 Å². The molecule has 32 heavy (non-hydrogen) atoms. The summed E-state index contributed by atoms with van der Waals surface area (Å²) >= 11 is 0. The number of phosphoric ester groups is 1. The van der Waals surface area contributed by atoms with Gasteiger partial charge in [-0.05, 0) is 17.7 Å². The van der Waals surface area contributed by atoms with E-state index in [1.54, 1.807) is 0 Å². The molecule has 5 atom stereocenters. The maximum absolute atomic E-state index is 12.9. The van der Waals surface area contributed by atoms with Gasteiger partial charge in [-0.15, -0.1) is 0 Å². The molecule has 0 spiro atoms. The topological polar surface area (TPSA) is 187 Å². The lowest BCUT2D eigenvalue weighted by Crippen LogP contribution is -2.39. The fraction of sp³-hybridized carbons (Fsp3) is 0.353. The number of nitro benzene ring substituents is 1. The summed E-state index contributed by atoms with van der Waals surface area (Å²) in [5, 5.41) is 21.6. The van der Waals surface area contributed by atoms with Gasteiger partial charge in [0, 0.05) is 12.1 Å². The van der Waals surface area contributed by atoms with Crippen molar-refractivity contribution >= 4 is 30.5 Å². The fourth-order valence-electron chi connectivity index (χ4n) is 3.55. The lowest BCUT2D eigenvalue weighted by atomic mass is 10.1. The van der Waals surface area contributed by atoms with Gasteiger partial charge in [-0.3, -0.25) is 28.3 Å². The maximum atomic E-state index is 12.9. The van der Waals surface area contributed by atoms with Gasteiger partial charge < -0.3 is 15.6 Å². The van der Waals surface area contributed by atoms with Crippen LogP contribution in [0.15, 0.2) is 36.9 Å². The van der Waals surface area contributed by atoms with E-state index < -0.39 is 37.3 Å². The summed E-state index contributed by atoms with van der Waals surface area (Å²) in [5.41, 5.74) is 6.96. The van der Waals surface area contributed by atoms with E-state index in [4.69, 9.17) is 24.0 Å². The summed E-state index contributed by atoms with van der Waals surface area (Å²) in [5.74, 6) is 0.183. The van der Waals surface area contributed by atoms with E-state index in [1.165, 1.54) is 41.5 Å². The van der Waals surface area contributed by atoms with E-state index in [9.17, 15) is 19.8 Å². The largest absolute Gasteiger partial charge is 0.475 e. The molecule has 1 unspecified atom stereocenters. The SMILES string of the molecule is Nc1ncnc2c1ncn2[C@@H]1O[C@@H]2COP(=O)(OCc3ccc([N+](=O)[O-])cc3)O[C@H]2[C@H]1O. The Hall–Kier alpha value is -3.00. The number of rotatable bonds is 5. The Bertz CT molecular complexity index is 1220. The number of fused-ring (bicyclic) bond motifs is 2. The molecule has 2 saturated heterocycles. The van der Waals surface area contributed by atoms with Gasteiger partial charge in [0.15, 0.2) is 17.7 Å². The number of nitrogen functional groups attached to an aromatic ring is 1. The molecule has 2 aliphatic rings. The van der Waals surface area contributed by atoms with Crippen LogP contribution < -0.4 is 5.73 Å². The van der Waals surface area contributed by atoms with Gasteiger partial charge in [-0.25, -0.2) is 19.5 Å². The van der Waals surface area contributed by atoms with Crippen molar-refractivity contribution in [2.45, 2.75) is 31.1 Å². The Balaban J connectivity index is 1.29. The Kier molecular flexibility index (Phi) is 5.12. The van der Waals surface area contributed by atoms with E-state index in [0.29, 0.717) is 16.7 Å². The molecular weight excluding hydrogens is 447 g/mol. The van der Waals surface area contributed by atoms with Crippen LogP contribution in [0.1, 0.15) is 11.8 Å². The number of non-ortho nitro benzene ring substituents is 1. The predicted octanol–water partition coefficient (Wildman–Crippen LogP) is 1.32. The molecule has 2 aliphatic heterocycles. The van der Waals surface area contributed by atoms with Crippen molar-refractivity contribution in [3.05, 3.63) is 52.6 Å². The van der Waals surface area contributed by atoms with Crippen molar-refractivity contribution in [2.75, 3.05) is 12.3 Å². The van der Waals surface area contributed by atoms with Crippen LogP contribution in [0, 0.1) is 10.1 Å². The number of ether oxygens (including phenoxy) is 1. The molecule has 14 nitrogen and oxygen atoms in total. The smallest absolute Gasteiger partial charge is 0.386 e. The van der Waals surface area contributed by atoms with Gasteiger partial charge in [0.25, 0.3) is 5.69 Å². The Labute approximate surface area is 179 Å². The third kappa shape index (κ3) is 3.62.